The summed E-state index contributed by atoms with van der Waals surface area (Å²) in [6.45, 7) is 0. The number of halogens is 1. The Morgan fingerprint density at radius 3 is 2.55 bits per heavy atom. The van der Waals surface area contributed by atoms with Crippen molar-refractivity contribution in [3.8, 4) is 28.5 Å². The lowest BCUT2D eigenvalue weighted by atomic mass is 10.1. The molecule has 2 aromatic rings. The van der Waals surface area contributed by atoms with Crippen molar-refractivity contribution >= 4 is 21.9 Å². The minimum Gasteiger partial charge on any atom is -0.506 e. The van der Waals surface area contributed by atoms with Gasteiger partial charge in [-0.3, -0.25) is 0 Å². The Balaban J connectivity index is 2.61. The van der Waals surface area contributed by atoms with Crippen LogP contribution in [-0.2, 0) is 0 Å². The summed E-state index contributed by atoms with van der Waals surface area (Å²) in [5, 5.41) is 22.5. The predicted molar refractivity (Wildman–Crippen MR) is 71.4 cm³/mol. The van der Waals surface area contributed by atoms with E-state index in [0.29, 0.717) is 11.5 Å². The van der Waals surface area contributed by atoms with E-state index >= 15 is 0 Å². The fourth-order valence-electron chi connectivity index (χ4n) is 1.64. The first kappa shape index (κ1) is 14.2. The molecule has 0 aliphatic rings. The molecule has 0 aliphatic carbocycles. The predicted octanol–water partition coefficient (Wildman–Crippen LogP) is 2.53. The zero-order chi connectivity index (χ0) is 14.9. The molecule has 0 saturated carbocycles. The molecule has 2 rings (SSSR count). The van der Waals surface area contributed by atoms with Crippen molar-refractivity contribution in [2.24, 2.45) is 0 Å². The van der Waals surface area contributed by atoms with Crippen molar-refractivity contribution in [1.82, 2.24) is 5.16 Å². The second-order valence-corrected chi connectivity index (χ2v) is 4.50. The van der Waals surface area contributed by atoms with E-state index < -0.39 is 5.97 Å². The summed E-state index contributed by atoms with van der Waals surface area (Å²) in [5.41, 5.74) is 0.423. The topological polar surface area (TPSA) is 102 Å². The summed E-state index contributed by atoms with van der Waals surface area (Å²) in [5.74, 6) is -1.07. The monoisotopic (exact) mass is 343 g/mol. The number of phenolic OH excluding ortho intramolecular Hbond substituents is 1. The van der Waals surface area contributed by atoms with Gasteiger partial charge in [-0.1, -0.05) is 5.16 Å². The Kier molecular flexibility index (Phi) is 3.84. The van der Waals surface area contributed by atoms with Gasteiger partial charge in [0.1, 0.15) is 15.9 Å². The quantitative estimate of drug-likeness (QED) is 0.879. The third-order valence-corrected chi connectivity index (χ3v) is 3.32. The number of ether oxygens (including phenoxy) is 2. The number of aromatic nitrogens is 1. The highest BCUT2D eigenvalue weighted by Crippen LogP contribution is 2.46. The van der Waals surface area contributed by atoms with E-state index in [9.17, 15) is 9.90 Å². The lowest BCUT2D eigenvalue weighted by Gasteiger charge is -2.13. The minimum atomic E-state index is -1.25. The molecule has 20 heavy (non-hydrogen) atoms. The number of phenols is 1. The molecule has 0 bridgehead atoms. The van der Waals surface area contributed by atoms with Crippen molar-refractivity contribution in [3.63, 3.8) is 0 Å². The van der Waals surface area contributed by atoms with Crippen LogP contribution in [0.25, 0.3) is 11.3 Å². The van der Waals surface area contributed by atoms with Gasteiger partial charge in [0.25, 0.3) is 0 Å². The fraction of sp³-hybridized carbons (Fsp3) is 0.167. The fourth-order valence-corrected chi connectivity index (χ4v) is 2.21. The largest absolute Gasteiger partial charge is 0.506 e. The smallest absolute Gasteiger partial charge is 0.374 e. The molecule has 8 heteroatoms. The van der Waals surface area contributed by atoms with Crippen LogP contribution in [0.1, 0.15) is 10.6 Å². The molecule has 7 nitrogen and oxygen atoms in total. The zero-order valence-electron chi connectivity index (χ0n) is 10.5. The van der Waals surface area contributed by atoms with Crippen molar-refractivity contribution in [2.45, 2.75) is 0 Å². The standard InChI is InChI=1S/C12H10BrNO6/c1-18-7-3-5(10(15)9(13)11(7)19-2)6-4-8(12(16)17)20-14-6/h3-4,15H,1-2H3,(H,16,17). The van der Waals surface area contributed by atoms with Crippen molar-refractivity contribution in [2.75, 3.05) is 14.2 Å². The van der Waals surface area contributed by atoms with Crippen LogP contribution in [0.3, 0.4) is 0 Å². The highest BCUT2D eigenvalue weighted by atomic mass is 79.9. The number of carbonyl (C=O) groups is 1. The van der Waals surface area contributed by atoms with Gasteiger partial charge in [-0.2, -0.15) is 0 Å². The van der Waals surface area contributed by atoms with E-state index in [2.05, 4.69) is 25.6 Å². The molecule has 1 aromatic carbocycles. The number of rotatable bonds is 4. The van der Waals surface area contributed by atoms with Gasteiger partial charge in [0.05, 0.1) is 19.8 Å². The van der Waals surface area contributed by atoms with Crippen LogP contribution in [0.15, 0.2) is 21.1 Å². The van der Waals surface area contributed by atoms with Crippen molar-refractivity contribution in [1.29, 1.82) is 0 Å². The summed E-state index contributed by atoms with van der Waals surface area (Å²) in [6, 6.07) is 2.68. The molecule has 0 amide bonds. The number of hydrogen-bond acceptors (Lipinski definition) is 6. The Hall–Kier alpha value is -2.22. The lowest BCUT2D eigenvalue weighted by Crippen LogP contribution is -1.94. The molecular formula is C12H10BrNO6. The molecule has 106 valence electrons. The van der Waals surface area contributed by atoms with Gasteiger partial charge in [0.15, 0.2) is 11.5 Å². The van der Waals surface area contributed by atoms with Gasteiger partial charge in [-0.15, -0.1) is 0 Å². The van der Waals surface area contributed by atoms with Crippen LogP contribution >= 0.6 is 15.9 Å². The lowest BCUT2D eigenvalue weighted by molar-refractivity contribution is 0.0652. The number of benzene rings is 1. The minimum absolute atomic E-state index is 0.159. The zero-order valence-corrected chi connectivity index (χ0v) is 12.1. The number of aromatic carboxylic acids is 1. The Morgan fingerprint density at radius 1 is 1.35 bits per heavy atom. The van der Waals surface area contributed by atoms with E-state index in [1.54, 1.807) is 0 Å². The Bertz CT molecular complexity index is 666. The van der Waals surface area contributed by atoms with Gasteiger partial charge in [-0.05, 0) is 22.0 Å². The van der Waals surface area contributed by atoms with Crippen LogP contribution < -0.4 is 9.47 Å². The van der Waals surface area contributed by atoms with Gasteiger partial charge in [-0.25, -0.2) is 4.79 Å². The maximum atomic E-state index is 10.8. The van der Waals surface area contributed by atoms with Gasteiger partial charge in [0, 0.05) is 6.07 Å². The average Bonchev–Trinajstić information content (AvgIpc) is 2.91. The third kappa shape index (κ3) is 2.29. The van der Waals surface area contributed by atoms with Crippen LogP contribution in [-0.4, -0.2) is 35.6 Å². The number of methoxy groups -OCH3 is 2. The summed E-state index contributed by atoms with van der Waals surface area (Å²) in [6.07, 6.45) is 0. The molecule has 2 N–H and O–H groups in total. The molecule has 0 fully saturated rings. The van der Waals surface area contributed by atoms with Crippen LogP contribution in [0.4, 0.5) is 0 Å². The maximum Gasteiger partial charge on any atom is 0.374 e. The van der Waals surface area contributed by atoms with Gasteiger partial charge in [0.2, 0.25) is 5.76 Å². The first-order chi connectivity index (χ1) is 9.49. The summed E-state index contributed by atoms with van der Waals surface area (Å²) in [4.78, 5) is 10.8. The molecule has 0 aliphatic heterocycles. The first-order valence-electron chi connectivity index (χ1n) is 5.33. The number of hydrogen-bond donors (Lipinski definition) is 2. The SMILES string of the molecule is COc1cc(-c2cc(C(=O)O)on2)c(O)c(Br)c1OC. The molecular weight excluding hydrogens is 334 g/mol. The number of carboxylic acids is 1. The van der Waals surface area contributed by atoms with Crippen molar-refractivity contribution in [3.05, 3.63) is 22.4 Å². The van der Waals surface area contributed by atoms with Gasteiger partial charge >= 0.3 is 5.97 Å². The van der Waals surface area contributed by atoms with E-state index in [1.807, 2.05) is 0 Å². The number of aromatic hydroxyl groups is 1. The first-order valence-corrected chi connectivity index (χ1v) is 6.12. The van der Waals surface area contributed by atoms with Gasteiger partial charge < -0.3 is 24.2 Å². The number of carboxylic acid groups (broad SMARTS) is 1. The summed E-state index contributed by atoms with van der Waals surface area (Å²) >= 11 is 3.19. The van der Waals surface area contributed by atoms with Crippen molar-refractivity contribution < 1.29 is 29.0 Å². The van der Waals surface area contributed by atoms with E-state index in [0.717, 1.165) is 0 Å². The summed E-state index contributed by atoms with van der Waals surface area (Å²) < 4.78 is 15.2. The molecule has 1 aromatic heterocycles. The second-order valence-electron chi connectivity index (χ2n) is 3.70. The third-order valence-electron chi connectivity index (χ3n) is 2.58. The second kappa shape index (κ2) is 5.41. The van der Waals surface area contributed by atoms with Crippen LogP contribution in [0.2, 0.25) is 0 Å². The maximum absolute atomic E-state index is 10.8. The van der Waals surface area contributed by atoms with Crippen LogP contribution in [0, 0.1) is 0 Å². The highest BCUT2D eigenvalue weighted by Gasteiger charge is 2.21. The van der Waals surface area contributed by atoms with Crippen LogP contribution in [0.5, 0.6) is 17.2 Å². The number of nitrogens with zero attached hydrogens (tertiary/aromatic N) is 1. The van der Waals surface area contributed by atoms with E-state index in [-0.39, 0.29) is 27.2 Å². The average molecular weight is 344 g/mol. The molecule has 0 unspecified atom stereocenters. The Morgan fingerprint density at radius 2 is 2.05 bits per heavy atom. The normalized spacial score (nSPS) is 10.3. The molecule has 0 atom stereocenters. The summed E-state index contributed by atoms with van der Waals surface area (Å²) in [7, 11) is 2.87. The molecule has 0 saturated heterocycles. The molecule has 0 radical (unpaired) electrons. The molecule has 0 spiro atoms. The van der Waals surface area contributed by atoms with E-state index in [1.165, 1.54) is 26.4 Å². The highest BCUT2D eigenvalue weighted by molar-refractivity contribution is 9.10. The van der Waals surface area contributed by atoms with E-state index in [4.69, 9.17) is 14.6 Å². The Labute approximate surface area is 121 Å². The molecule has 1 heterocycles.